The summed E-state index contributed by atoms with van der Waals surface area (Å²) < 4.78 is 1.78. The molecular formula is C12H18N4O. The predicted octanol–water partition coefficient (Wildman–Crippen LogP) is 1.53. The van der Waals surface area contributed by atoms with Crippen LogP contribution < -0.4 is 5.32 Å². The highest BCUT2D eigenvalue weighted by molar-refractivity contribution is 5.50. The van der Waals surface area contributed by atoms with Gasteiger partial charge in [0.15, 0.2) is 5.65 Å². The summed E-state index contributed by atoms with van der Waals surface area (Å²) in [6.45, 7) is 6.04. The first-order valence-corrected chi connectivity index (χ1v) is 5.85. The number of aliphatic hydroxyl groups is 1. The Bertz CT molecular complexity index is 516. The van der Waals surface area contributed by atoms with Crippen LogP contribution in [-0.2, 0) is 0 Å². The van der Waals surface area contributed by atoms with Gasteiger partial charge < -0.3 is 10.4 Å². The van der Waals surface area contributed by atoms with Gasteiger partial charge in [0.05, 0.1) is 18.3 Å². The molecule has 2 heterocycles. The van der Waals surface area contributed by atoms with Crippen molar-refractivity contribution < 1.29 is 5.11 Å². The molecule has 0 aliphatic heterocycles. The molecule has 2 aromatic rings. The van der Waals surface area contributed by atoms with E-state index in [4.69, 9.17) is 0 Å². The molecule has 0 fully saturated rings. The lowest BCUT2D eigenvalue weighted by Gasteiger charge is -2.16. The number of nitrogens with zero attached hydrogens (tertiary/aromatic N) is 3. The van der Waals surface area contributed by atoms with Crippen molar-refractivity contribution in [2.75, 3.05) is 11.9 Å². The summed E-state index contributed by atoms with van der Waals surface area (Å²) in [4.78, 5) is 4.41. The fourth-order valence-electron chi connectivity index (χ4n) is 1.80. The molecule has 2 aromatic heterocycles. The SMILES string of the molecule is CC[C@@H](CO)Nc1cc(C)nc2cc(C)nn12. The Labute approximate surface area is 100 Å². The normalized spacial score (nSPS) is 12.9. The average Bonchev–Trinajstić information content (AvgIpc) is 2.66. The van der Waals surface area contributed by atoms with Gasteiger partial charge in [-0.25, -0.2) is 4.98 Å². The van der Waals surface area contributed by atoms with Crippen LogP contribution in [0.1, 0.15) is 24.7 Å². The van der Waals surface area contributed by atoms with E-state index >= 15 is 0 Å². The molecule has 5 heteroatoms. The molecule has 0 aromatic carbocycles. The maximum Gasteiger partial charge on any atom is 0.157 e. The third-order valence-corrected chi connectivity index (χ3v) is 2.74. The number of hydrogen-bond acceptors (Lipinski definition) is 4. The Hall–Kier alpha value is -1.62. The highest BCUT2D eigenvalue weighted by atomic mass is 16.3. The minimum absolute atomic E-state index is 0.0458. The van der Waals surface area contributed by atoms with Gasteiger partial charge in [0.1, 0.15) is 5.82 Å². The van der Waals surface area contributed by atoms with Crippen LogP contribution in [0.5, 0.6) is 0 Å². The van der Waals surface area contributed by atoms with E-state index in [1.54, 1.807) is 4.52 Å². The third kappa shape index (κ3) is 2.39. The number of rotatable bonds is 4. The van der Waals surface area contributed by atoms with Crippen molar-refractivity contribution in [3.8, 4) is 0 Å². The first kappa shape index (κ1) is 11.9. The van der Waals surface area contributed by atoms with E-state index in [1.165, 1.54) is 0 Å². The van der Waals surface area contributed by atoms with Crippen LogP contribution in [0.3, 0.4) is 0 Å². The summed E-state index contributed by atoms with van der Waals surface area (Å²) in [5, 5.41) is 16.9. The molecule has 5 nitrogen and oxygen atoms in total. The smallest absolute Gasteiger partial charge is 0.157 e. The van der Waals surface area contributed by atoms with Crippen molar-refractivity contribution in [1.29, 1.82) is 0 Å². The maximum absolute atomic E-state index is 9.23. The molecule has 0 radical (unpaired) electrons. The van der Waals surface area contributed by atoms with Gasteiger partial charge in [-0.3, -0.25) is 0 Å². The molecule has 0 aliphatic rings. The Morgan fingerprint density at radius 2 is 2.12 bits per heavy atom. The van der Waals surface area contributed by atoms with Crippen molar-refractivity contribution in [3.05, 3.63) is 23.5 Å². The fraction of sp³-hybridized carbons (Fsp3) is 0.500. The largest absolute Gasteiger partial charge is 0.394 e. The van der Waals surface area contributed by atoms with Gasteiger partial charge in [-0.1, -0.05) is 6.92 Å². The highest BCUT2D eigenvalue weighted by Crippen LogP contribution is 2.15. The van der Waals surface area contributed by atoms with E-state index in [-0.39, 0.29) is 12.6 Å². The number of fused-ring (bicyclic) bond motifs is 1. The van der Waals surface area contributed by atoms with Gasteiger partial charge in [0, 0.05) is 17.8 Å². The van der Waals surface area contributed by atoms with E-state index in [0.29, 0.717) is 0 Å². The molecule has 2 rings (SSSR count). The number of aliphatic hydroxyl groups excluding tert-OH is 1. The Morgan fingerprint density at radius 1 is 1.35 bits per heavy atom. The first-order valence-electron chi connectivity index (χ1n) is 5.85. The summed E-state index contributed by atoms with van der Waals surface area (Å²) in [6, 6.07) is 3.93. The van der Waals surface area contributed by atoms with Gasteiger partial charge in [-0.15, -0.1) is 0 Å². The minimum Gasteiger partial charge on any atom is -0.394 e. The third-order valence-electron chi connectivity index (χ3n) is 2.74. The molecule has 0 saturated heterocycles. The maximum atomic E-state index is 9.23. The quantitative estimate of drug-likeness (QED) is 0.842. The predicted molar refractivity (Wildman–Crippen MR) is 67.2 cm³/mol. The van der Waals surface area contributed by atoms with E-state index in [9.17, 15) is 5.11 Å². The number of aromatic nitrogens is 3. The molecule has 17 heavy (non-hydrogen) atoms. The monoisotopic (exact) mass is 234 g/mol. The van der Waals surface area contributed by atoms with Gasteiger partial charge in [-0.05, 0) is 20.3 Å². The minimum atomic E-state index is 0.0458. The van der Waals surface area contributed by atoms with Gasteiger partial charge in [0.25, 0.3) is 0 Å². The zero-order valence-corrected chi connectivity index (χ0v) is 10.4. The zero-order valence-electron chi connectivity index (χ0n) is 10.4. The van der Waals surface area contributed by atoms with Crippen LogP contribution >= 0.6 is 0 Å². The zero-order chi connectivity index (χ0) is 12.4. The summed E-state index contributed by atoms with van der Waals surface area (Å²) in [6.07, 6.45) is 0.861. The lowest BCUT2D eigenvalue weighted by atomic mass is 10.2. The van der Waals surface area contributed by atoms with Gasteiger partial charge in [0.2, 0.25) is 0 Å². The summed E-state index contributed by atoms with van der Waals surface area (Å²) in [7, 11) is 0. The Kier molecular flexibility index (Phi) is 3.28. The second-order valence-corrected chi connectivity index (χ2v) is 4.27. The van der Waals surface area contributed by atoms with E-state index < -0.39 is 0 Å². The van der Waals surface area contributed by atoms with Crippen LogP contribution in [-0.4, -0.2) is 32.4 Å². The summed E-state index contributed by atoms with van der Waals surface area (Å²) in [5.41, 5.74) is 2.70. The van der Waals surface area contributed by atoms with Crippen LogP contribution in [0.4, 0.5) is 5.82 Å². The average molecular weight is 234 g/mol. The molecule has 1 atom stereocenters. The molecular weight excluding hydrogens is 216 g/mol. The Balaban J connectivity index is 2.44. The molecule has 0 aliphatic carbocycles. The first-order chi connectivity index (χ1) is 8.13. The second kappa shape index (κ2) is 4.71. The van der Waals surface area contributed by atoms with Crippen molar-refractivity contribution in [2.24, 2.45) is 0 Å². The van der Waals surface area contributed by atoms with E-state index in [0.717, 1.165) is 29.3 Å². The summed E-state index contributed by atoms with van der Waals surface area (Å²) in [5.74, 6) is 0.876. The van der Waals surface area contributed by atoms with Crippen molar-refractivity contribution in [3.63, 3.8) is 0 Å². The lowest BCUT2D eigenvalue weighted by molar-refractivity contribution is 0.271. The molecule has 0 bridgehead atoms. The number of aryl methyl sites for hydroxylation is 2. The lowest BCUT2D eigenvalue weighted by Crippen LogP contribution is -2.24. The van der Waals surface area contributed by atoms with E-state index in [1.807, 2.05) is 32.9 Å². The van der Waals surface area contributed by atoms with Crippen LogP contribution in [0.25, 0.3) is 5.65 Å². The van der Waals surface area contributed by atoms with Gasteiger partial charge in [-0.2, -0.15) is 9.61 Å². The number of anilines is 1. The van der Waals surface area contributed by atoms with Gasteiger partial charge >= 0.3 is 0 Å². The van der Waals surface area contributed by atoms with Crippen LogP contribution in [0.15, 0.2) is 12.1 Å². The fourth-order valence-corrected chi connectivity index (χ4v) is 1.80. The number of hydrogen-bond donors (Lipinski definition) is 2. The highest BCUT2D eigenvalue weighted by Gasteiger charge is 2.10. The van der Waals surface area contributed by atoms with Crippen LogP contribution in [0, 0.1) is 13.8 Å². The van der Waals surface area contributed by atoms with E-state index in [2.05, 4.69) is 15.4 Å². The molecule has 0 spiro atoms. The molecule has 0 saturated carbocycles. The van der Waals surface area contributed by atoms with Crippen LogP contribution in [0.2, 0.25) is 0 Å². The standard InChI is InChI=1S/C12H18N4O/c1-4-10(7-17)14-12-5-8(2)13-11-6-9(3)15-16(11)12/h5-6,10,14,17H,4,7H2,1-3H3/t10-/m0/s1. The number of nitrogens with one attached hydrogen (secondary N) is 1. The molecule has 2 N–H and O–H groups in total. The second-order valence-electron chi connectivity index (χ2n) is 4.27. The molecule has 0 unspecified atom stereocenters. The van der Waals surface area contributed by atoms with Crippen molar-refractivity contribution in [1.82, 2.24) is 14.6 Å². The molecule has 92 valence electrons. The Morgan fingerprint density at radius 3 is 2.76 bits per heavy atom. The molecule has 0 amide bonds. The van der Waals surface area contributed by atoms with Crippen molar-refractivity contribution >= 4 is 11.5 Å². The van der Waals surface area contributed by atoms with Crippen molar-refractivity contribution in [2.45, 2.75) is 33.2 Å². The topological polar surface area (TPSA) is 62.5 Å². The summed E-state index contributed by atoms with van der Waals surface area (Å²) >= 11 is 0.